The van der Waals surface area contributed by atoms with Gasteiger partial charge < -0.3 is 5.11 Å². The van der Waals surface area contributed by atoms with E-state index in [2.05, 4.69) is 13.8 Å². The van der Waals surface area contributed by atoms with Gasteiger partial charge in [-0.1, -0.05) is 13.8 Å². The summed E-state index contributed by atoms with van der Waals surface area (Å²) in [5.41, 5.74) is 0.516. The lowest BCUT2D eigenvalue weighted by Gasteiger charge is -2.44. The monoisotopic (exact) mass is 128 g/mol. The number of hydrogen-bond donors (Lipinski definition) is 1. The summed E-state index contributed by atoms with van der Waals surface area (Å²) in [4.78, 5) is 0. The van der Waals surface area contributed by atoms with E-state index in [1.165, 1.54) is 12.8 Å². The Hall–Kier alpha value is -0.0400. The maximum atomic E-state index is 9.10. The molecule has 0 radical (unpaired) electrons. The average Bonchev–Trinajstić information content (AvgIpc) is 1.59. The van der Waals surface area contributed by atoms with E-state index in [1.807, 2.05) is 6.92 Å². The van der Waals surface area contributed by atoms with Crippen molar-refractivity contribution in [2.24, 2.45) is 11.3 Å². The van der Waals surface area contributed by atoms with Crippen LogP contribution in [0.3, 0.4) is 0 Å². The highest BCUT2D eigenvalue weighted by Gasteiger charge is 2.38. The lowest BCUT2D eigenvalue weighted by atomic mass is 9.63. The molecule has 0 heterocycles. The second-order valence-corrected chi connectivity index (χ2v) is 4.07. The third kappa shape index (κ3) is 1.45. The van der Waals surface area contributed by atoms with E-state index in [0.717, 1.165) is 0 Å². The second kappa shape index (κ2) is 1.98. The minimum absolute atomic E-state index is 0.0852. The van der Waals surface area contributed by atoms with E-state index in [0.29, 0.717) is 11.3 Å². The van der Waals surface area contributed by atoms with Gasteiger partial charge in [0, 0.05) is 0 Å². The van der Waals surface area contributed by atoms with Crippen LogP contribution in [0.1, 0.15) is 33.6 Å². The van der Waals surface area contributed by atoms with E-state index in [4.69, 9.17) is 5.11 Å². The van der Waals surface area contributed by atoms with Crippen LogP contribution in [0.2, 0.25) is 0 Å². The molecule has 1 rings (SSSR count). The molecule has 0 aliphatic heterocycles. The standard InChI is InChI=1S/C8H16O/c1-6(9)7-4-8(2,3)5-7/h6-7,9H,4-5H2,1-3H3. The molecule has 1 aliphatic rings. The smallest absolute Gasteiger partial charge is 0.0540 e. The molecule has 1 atom stereocenters. The molecule has 1 N–H and O–H groups in total. The summed E-state index contributed by atoms with van der Waals surface area (Å²) >= 11 is 0. The SMILES string of the molecule is CC(O)C1CC(C)(C)C1. The minimum atomic E-state index is -0.0852. The molecule has 9 heavy (non-hydrogen) atoms. The Kier molecular flexibility index (Phi) is 1.55. The summed E-state index contributed by atoms with van der Waals surface area (Å²) in [6, 6.07) is 0. The molecule has 0 aromatic carbocycles. The number of aliphatic hydroxyl groups excluding tert-OH is 1. The first-order chi connectivity index (χ1) is 4.01. The van der Waals surface area contributed by atoms with Crippen molar-refractivity contribution in [1.82, 2.24) is 0 Å². The number of aliphatic hydroxyl groups is 1. The van der Waals surface area contributed by atoms with Crippen molar-refractivity contribution in [3.63, 3.8) is 0 Å². The zero-order valence-electron chi connectivity index (χ0n) is 6.52. The molecule has 1 heteroatoms. The molecule has 54 valence electrons. The van der Waals surface area contributed by atoms with Gasteiger partial charge in [-0.05, 0) is 31.1 Å². The van der Waals surface area contributed by atoms with Crippen LogP contribution >= 0.6 is 0 Å². The molecule has 1 aliphatic carbocycles. The molecule has 1 nitrogen and oxygen atoms in total. The van der Waals surface area contributed by atoms with Crippen LogP contribution in [0.15, 0.2) is 0 Å². The molecule has 1 fully saturated rings. The Morgan fingerprint density at radius 1 is 1.44 bits per heavy atom. The predicted molar refractivity (Wildman–Crippen MR) is 38.2 cm³/mol. The molecule has 0 aromatic heterocycles. The highest BCUT2D eigenvalue weighted by atomic mass is 16.3. The highest BCUT2D eigenvalue weighted by Crippen LogP contribution is 2.46. The minimum Gasteiger partial charge on any atom is -0.393 e. The van der Waals surface area contributed by atoms with E-state index in [1.54, 1.807) is 0 Å². The topological polar surface area (TPSA) is 20.2 Å². The molecule has 0 amide bonds. The Balaban J connectivity index is 2.27. The van der Waals surface area contributed by atoms with Crippen molar-refractivity contribution in [1.29, 1.82) is 0 Å². The van der Waals surface area contributed by atoms with Gasteiger partial charge in [-0.3, -0.25) is 0 Å². The van der Waals surface area contributed by atoms with Gasteiger partial charge in [-0.25, -0.2) is 0 Å². The summed E-state index contributed by atoms with van der Waals surface area (Å²) < 4.78 is 0. The zero-order chi connectivity index (χ0) is 7.07. The molecular weight excluding hydrogens is 112 g/mol. The molecule has 0 aromatic rings. The molecule has 0 spiro atoms. The van der Waals surface area contributed by atoms with E-state index < -0.39 is 0 Å². The fourth-order valence-electron chi connectivity index (χ4n) is 1.70. The van der Waals surface area contributed by atoms with Crippen molar-refractivity contribution >= 4 is 0 Å². The van der Waals surface area contributed by atoms with E-state index in [-0.39, 0.29) is 6.10 Å². The van der Waals surface area contributed by atoms with E-state index in [9.17, 15) is 0 Å². The van der Waals surface area contributed by atoms with Gasteiger partial charge in [0.1, 0.15) is 0 Å². The van der Waals surface area contributed by atoms with Gasteiger partial charge in [-0.2, -0.15) is 0 Å². The van der Waals surface area contributed by atoms with Gasteiger partial charge in [0.05, 0.1) is 6.10 Å². The Labute approximate surface area is 57.1 Å². The van der Waals surface area contributed by atoms with Crippen molar-refractivity contribution in [2.45, 2.75) is 39.7 Å². The Morgan fingerprint density at radius 3 is 2.00 bits per heavy atom. The maximum absolute atomic E-state index is 9.10. The van der Waals surface area contributed by atoms with Gasteiger partial charge in [-0.15, -0.1) is 0 Å². The predicted octanol–water partition coefficient (Wildman–Crippen LogP) is 1.80. The van der Waals surface area contributed by atoms with Crippen LogP contribution in [-0.4, -0.2) is 11.2 Å². The number of rotatable bonds is 1. The van der Waals surface area contributed by atoms with Crippen LogP contribution < -0.4 is 0 Å². The third-order valence-electron chi connectivity index (χ3n) is 2.31. The normalized spacial score (nSPS) is 29.3. The van der Waals surface area contributed by atoms with Crippen LogP contribution in [0.5, 0.6) is 0 Å². The Morgan fingerprint density at radius 2 is 1.89 bits per heavy atom. The van der Waals surface area contributed by atoms with Crippen molar-refractivity contribution < 1.29 is 5.11 Å². The first kappa shape index (κ1) is 7.07. The highest BCUT2D eigenvalue weighted by molar-refractivity contribution is 4.88. The first-order valence-electron chi connectivity index (χ1n) is 3.69. The molecular formula is C8H16O. The molecule has 1 unspecified atom stereocenters. The zero-order valence-corrected chi connectivity index (χ0v) is 6.52. The van der Waals surface area contributed by atoms with Crippen LogP contribution in [-0.2, 0) is 0 Å². The fourth-order valence-corrected chi connectivity index (χ4v) is 1.70. The van der Waals surface area contributed by atoms with Gasteiger partial charge >= 0.3 is 0 Å². The Bertz CT molecular complexity index is 97.1. The van der Waals surface area contributed by atoms with Gasteiger partial charge in [0.15, 0.2) is 0 Å². The lowest BCUT2D eigenvalue weighted by Crippen LogP contribution is -2.37. The molecule has 0 saturated heterocycles. The van der Waals surface area contributed by atoms with Crippen molar-refractivity contribution in [2.75, 3.05) is 0 Å². The first-order valence-corrected chi connectivity index (χ1v) is 3.69. The summed E-state index contributed by atoms with van der Waals surface area (Å²) in [6.07, 6.45) is 2.31. The summed E-state index contributed by atoms with van der Waals surface area (Å²) in [7, 11) is 0. The summed E-state index contributed by atoms with van der Waals surface area (Å²) in [5, 5.41) is 9.10. The van der Waals surface area contributed by atoms with Gasteiger partial charge in [0.25, 0.3) is 0 Å². The fraction of sp³-hybridized carbons (Fsp3) is 1.00. The van der Waals surface area contributed by atoms with Crippen molar-refractivity contribution in [3.8, 4) is 0 Å². The largest absolute Gasteiger partial charge is 0.393 e. The third-order valence-corrected chi connectivity index (χ3v) is 2.31. The molecule has 1 saturated carbocycles. The average molecular weight is 128 g/mol. The summed E-state index contributed by atoms with van der Waals surface area (Å²) in [5.74, 6) is 0.583. The van der Waals surface area contributed by atoms with Crippen LogP contribution in [0.25, 0.3) is 0 Å². The lowest BCUT2D eigenvalue weighted by molar-refractivity contribution is -0.00348. The van der Waals surface area contributed by atoms with Crippen molar-refractivity contribution in [3.05, 3.63) is 0 Å². The summed E-state index contributed by atoms with van der Waals surface area (Å²) in [6.45, 7) is 6.40. The number of hydrogen-bond acceptors (Lipinski definition) is 1. The van der Waals surface area contributed by atoms with E-state index >= 15 is 0 Å². The van der Waals surface area contributed by atoms with Crippen LogP contribution in [0, 0.1) is 11.3 Å². The second-order valence-electron chi connectivity index (χ2n) is 4.07. The maximum Gasteiger partial charge on any atom is 0.0540 e. The van der Waals surface area contributed by atoms with Crippen LogP contribution in [0.4, 0.5) is 0 Å². The quantitative estimate of drug-likeness (QED) is 0.571. The molecule has 0 bridgehead atoms. The van der Waals surface area contributed by atoms with Gasteiger partial charge in [0.2, 0.25) is 0 Å².